The van der Waals surface area contributed by atoms with Crippen LogP contribution in [0.25, 0.3) is 0 Å². The molecule has 0 bridgehead atoms. The van der Waals surface area contributed by atoms with Gasteiger partial charge in [0, 0.05) is 11.7 Å². The van der Waals surface area contributed by atoms with Crippen LogP contribution >= 0.6 is 11.6 Å². The molecule has 2 aliphatic rings. The molecule has 0 saturated heterocycles. The van der Waals surface area contributed by atoms with Crippen molar-refractivity contribution in [3.05, 3.63) is 22.7 Å². The normalized spacial score (nSPS) is 24.1. The number of fused-ring (bicyclic) bond motifs is 1. The number of rotatable bonds is 2. The van der Waals surface area contributed by atoms with Gasteiger partial charge < -0.3 is 10.6 Å². The molecule has 3 nitrogen and oxygen atoms in total. The molecule has 1 aromatic rings. The zero-order valence-corrected chi connectivity index (χ0v) is 12.8. The van der Waals surface area contributed by atoms with Gasteiger partial charge in [-0.25, -0.2) is 0 Å². The molecule has 0 radical (unpaired) electrons. The first-order valence-corrected chi connectivity index (χ1v) is 7.70. The highest BCUT2D eigenvalue weighted by Crippen LogP contribution is 2.38. The molecule has 1 atom stereocenters. The van der Waals surface area contributed by atoms with Gasteiger partial charge in [-0.05, 0) is 42.4 Å². The fourth-order valence-corrected chi connectivity index (χ4v) is 3.62. The number of anilines is 2. The highest BCUT2D eigenvalue weighted by Gasteiger charge is 2.28. The van der Waals surface area contributed by atoms with Crippen molar-refractivity contribution in [3.63, 3.8) is 0 Å². The van der Waals surface area contributed by atoms with E-state index >= 15 is 0 Å². The fraction of sp³-hybridized carbons (Fsp3) is 0.562. The maximum Gasteiger partial charge on any atom is 0.228 e. The van der Waals surface area contributed by atoms with Crippen molar-refractivity contribution in [1.29, 1.82) is 0 Å². The maximum absolute atomic E-state index is 11.4. The van der Waals surface area contributed by atoms with Gasteiger partial charge >= 0.3 is 0 Å². The minimum atomic E-state index is 0.0482. The number of carbonyl (C=O) groups excluding carboxylic acids is 1. The van der Waals surface area contributed by atoms with Gasteiger partial charge in [0.05, 0.1) is 17.1 Å². The van der Waals surface area contributed by atoms with Crippen molar-refractivity contribution >= 4 is 28.9 Å². The van der Waals surface area contributed by atoms with Crippen molar-refractivity contribution in [2.75, 3.05) is 10.6 Å². The van der Waals surface area contributed by atoms with Crippen molar-refractivity contribution < 1.29 is 4.79 Å². The van der Waals surface area contributed by atoms with E-state index in [-0.39, 0.29) is 5.91 Å². The zero-order valence-electron chi connectivity index (χ0n) is 12.1. The SMILES string of the molecule is CC1(C)CCCC(Nc2cc3c(cc2Cl)NC(=O)C3)C1. The largest absolute Gasteiger partial charge is 0.381 e. The summed E-state index contributed by atoms with van der Waals surface area (Å²) < 4.78 is 0. The number of halogens is 1. The van der Waals surface area contributed by atoms with Crippen LogP contribution in [-0.4, -0.2) is 11.9 Å². The third-order valence-electron chi connectivity index (χ3n) is 4.38. The number of amides is 1. The Labute approximate surface area is 125 Å². The molecule has 4 heteroatoms. The number of nitrogens with one attached hydrogen (secondary N) is 2. The number of hydrogen-bond donors (Lipinski definition) is 2. The van der Waals surface area contributed by atoms with Crippen LogP contribution in [0.5, 0.6) is 0 Å². The second-order valence-electron chi connectivity index (χ2n) is 6.82. The molecule has 108 valence electrons. The van der Waals surface area contributed by atoms with Gasteiger partial charge in [-0.3, -0.25) is 4.79 Å². The monoisotopic (exact) mass is 292 g/mol. The summed E-state index contributed by atoms with van der Waals surface area (Å²) in [4.78, 5) is 11.4. The second kappa shape index (κ2) is 4.96. The maximum atomic E-state index is 11.4. The van der Waals surface area contributed by atoms with Crippen LogP contribution in [0.4, 0.5) is 11.4 Å². The fourth-order valence-electron chi connectivity index (χ4n) is 3.40. The van der Waals surface area contributed by atoms with E-state index in [9.17, 15) is 4.79 Å². The van der Waals surface area contributed by atoms with E-state index in [0.29, 0.717) is 22.9 Å². The molecule has 1 saturated carbocycles. The Kier molecular flexibility index (Phi) is 3.41. The molecule has 0 aromatic heterocycles. The first-order valence-electron chi connectivity index (χ1n) is 7.32. The summed E-state index contributed by atoms with van der Waals surface area (Å²) in [5.74, 6) is 0.0482. The third-order valence-corrected chi connectivity index (χ3v) is 4.70. The molecule has 20 heavy (non-hydrogen) atoms. The second-order valence-corrected chi connectivity index (χ2v) is 7.22. The molecule has 1 aliphatic carbocycles. The summed E-state index contributed by atoms with van der Waals surface area (Å²) in [6.45, 7) is 4.65. The highest BCUT2D eigenvalue weighted by atomic mass is 35.5. The van der Waals surface area contributed by atoms with Crippen molar-refractivity contribution in [1.82, 2.24) is 0 Å². The van der Waals surface area contributed by atoms with Crippen LogP contribution < -0.4 is 10.6 Å². The van der Waals surface area contributed by atoms with Crippen molar-refractivity contribution in [3.8, 4) is 0 Å². The molecule has 1 amide bonds. The summed E-state index contributed by atoms with van der Waals surface area (Å²) >= 11 is 6.33. The van der Waals surface area contributed by atoms with E-state index in [1.807, 2.05) is 12.1 Å². The predicted molar refractivity (Wildman–Crippen MR) is 83.4 cm³/mol. The Morgan fingerprint density at radius 2 is 2.20 bits per heavy atom. The summed E-state index contributed by atoms with van der Waals surface area (Å²) in [5, 5.41) is 7.10. The Hall–Kier alpha value is -1.22. The van der Waals surface area contributed by atoms with Crippen LogP contribution in [0.2, 0.25) is 5.02 Å². The van der Waals surface area contributed by atoms with E-state index < -0.39 is 0 Å². The first-order chi connectivity index (χ1) is 9.43. The minimum absolute atomic E-state index is 0.0482. The Bertz CT molecular complexity index is 554. The lowest BCUT2D eigenvalue weighted by atomic mass is 9.75. The van der Waals surface area contributed by atoms with Gasteiger partial charge in [-0.2, -0.15) is 0 Å². The summed E-state index contributed by atoms with van der Waals surface area (Å²) in [6.07, 6.45) is 5.36. The lowest BCUT2D eigenvalue weighted by Gasteiger charge is -2.36. The van der Waals surface area contributed by atoms with Crippen molar-refractivity contribution in [2.24, 2.45) is 5.41 Å². The topological polar surface area (TPSA) is 41.1 Å². The molecular formula is C16H21ClN2O. The number of benzene rings is 1. The van der Waals surface area contributed by atoms with Gasteiger partial charge in [0.25, 0.3) is 0 Å². The van der Waals surface area contributed by atoms with E-state index in [2.05, 4.69) is 24.5 Å². The molecular weight excluding hydrogens is 272 g/mol. The Morgan fingerprint density at radius 1 is 1.40 bits per heavy atom. The highest BCUT2D eigenvalue weighted by molar-refractivity contribution is 6.33. The quantitative estimate of drug-likeness (QED) is 0.857. The van der Waals surface area contributed by atoms with Gasteiger partial charge in [-0.15, -0.1) is 0 Å². The summed E-state index contributed by atoms with van der Waals surface area (Å²) in [7, 11) is 0. The number of hydrogen-bond acceptors (Lipinski definition) is 2. The lowest BCUT2D eigenvalue weighted by Crippen LogP contribution is -2.31. The van der Waals surface area contributed by atoms with Crippen LogP contribution in [0, 0.1) is 5.41 Å². The summed E-state index contributed by atoms with van der Waals surface area (Å²) in [6, 6.07) is 4.36. The average molecular weight is 293 g/mol. The van der Waals surface area contributed by atoms with Gasteiger partial charge in [0.1, 0.15) is 0 Å². The molecule has 1 heterocycles. The summed E-state index contributed by atoms with van der Waals surface area (Å²) in [5.41, 5.74) is 3.26. The molecule has 1 aromatic carbocycles. The lowest BCUT2D eigenvalue weighted by molar-refractivity contribution is -0.115. The Morgan fingerprint density at radius 3 is 2.95 bits per heavy atom. The number of carbonyl (C=O) groups is 1. The van der Waals surface area contributed by atoms with Crippen molar-refractivity contribution in [2.45, 2.75) is 52.0 Å². The van der Waals surface area contributed by atoms with Crippen LogP contribution in [-0.2, 0) is 11.2 Å². The average Bonchev–Trinajstić information content (AvgIpc) is 2.67. The predicted octanol–water partition coefficient (Wildman–Crippen LogP) is 4.22. The molecule has 2 N–H and O–H groups in total. The van der Waals surface area contributed by atoms with Crippen LogP contribution in [0.3, 0.4) is 0 Å². The molecule has 1 fully saturated rings. The zero-order chi connectivity index (χ0) is 14.3. The van der Waals surface area contributed by atoms with Crippen LogP contribution in [0.1, 0.15) is 45.1 Å². The van der Waals surface area contributed by atoms with Gasteiger partial charge in [0.15, 0.2) is 0 Å². The van der Waals surface area contributed by atoms with Crippen LogP contribution in [0.15, 0.2) is 12.1 Å². The first kappa shape index (κ1) is 13.7. The third kappa shape index (κ3) is 2.78. The van der Waals surface area contributed by atoms with E-state index in [4.69, 9.17) is 11.6 Å². The molecule has 1 unspecified atom stereocenters. The molecule has 0 spiro atoms. The standard InChI is InChI=1S/C16H21ClN2O/c1-16(2)5-3-4-11(9-16)18-14-6-10-7-15(20)19-13(10)8-12(14)17/h6,8,11,18H,3-5,7,9H2,1-2H3,(H,19,20). The Balaban J connectivity index is 1.78. The molecule has 3 rings (SSSR count). The van der Waals surface area contributed by atoms with Gasteiger partial charge in [-0.1, -0.05) is 31.9 Å². The molecule has 1 aliphatic heterocycles. The van der Waals surface area contributed by atoms with E-state index in [0.717, 1.165) is 23.4 Å². The van der Waals surface area contributed by atoms with E-state index in [1.54, 1.807) is 0 Å². The van der Waals surface area contributed by atoms with Gasteiger partial charge in [0.2, 0.25) is 5.91 Å². The minimum Gasteiger partial charge on any atom is -0.381 e. The smallest absolute Gasteiger partial charge is 0.228 e. The van der Waals surface area contributed by atoms with E-state index in [1.165, 1.54) is 19.3 Å².